The van der Waals surface area contributed by atoms with E-state index in [1.54, 1.807) is 28.6 Å². The lowest BCUT2D eigenvalue weighted by Gasteiger charge is -2.35. The first-order valence-electron chi connectivity index (χ1n) is 7.92. The average molecular weight is 326 g/mol. The third kappa shape index (κ3) is 3.80. The third-order valence-electron chi connectivity index (χ3n) is 4.31. The Bertz CT molecular complexity index is 572. The van der Waals surface area contributed by atoms with Crippen LogP contribution in [-0.2, 0) is 10.0 Å². The molecular formula is C16H26N2O3S. The van der Waals surface area contributed by atoms with Crippen LogP contribution in [0.1, 0.15) is 26.7 Å². The molecule has 1 aromatic rings. The Labute approximate surface area is 133 Å². The molecule has 0 aliphatic carbocycles. The monoisotopic (exact) mass is 326 g/mol. The van der Waals surface area contributed by atoms with Crippen LogP contribution < -0.4 is 10.5 Å². The normalized spacial score (nSPS) is 23.4. The van der Waals surface area contributed by atoms with Gasteiger partial charge in [-0.1, -0.05) is 13.8 Å². The van der Waals surface area contributed by atoms with Crippen molar-refractivity contribution in [3.05, 3.63) is 24.3 Å². The summed E-state index contributed by atoms with van der Waals surface area (Å²) in [5.74, 6) is 1.41. The molecular weight excluding hydrogens is 300 g/mol. The Kier molecular flexibility index (Phi) is 5.83. The van der Waals surface area contributed by atoms with Gasteiger partial charge in [0.25, 0.3) is 0 Å². The van der Waals surface area contributed by atoms with Gasteiger partial charge in [-0.3, -0.25) is 0 Å². The predicted molar refractivity (Wildman–Crippen MR) is 87.3 cm³/mol. The van der Waals surface area contributed by atoms with Crippen LogP contribution in [-0.4, -0.2) is 39.0 Å². The average Bonchev–Trinajstić information content (AvgIpc) is 2.53. The summed E-state index contributed by atoms with van der Waals surface area (Å²) in [7, 11) is -3.44. The number of ether oxygens (including phenoxy) is 1. The molecule has 1 saturated heterocycles. The van der Waals surface area contributed by atoms with Gasteiger partial charge in [0.1, 0.15) is 5.75 Å². The largest absolute Gasteiger partial charge is 0.494 e. The Balaban J connectivity index is 2.12. The summed E-state index contributed by atoms with van der Waals surface area (Å²) in [6, 6.07) is 6.68. The fourth-order valence-corrected chi connectivity index (χ4v) is 4.23. The molecule has 1 aliphatic heterocycles. The third-order valence-corrected chi connectivity index (χ3v) is 6.19. The molecule has 1 fully saturated rings. The molecule has 0 saturated carbocycles. The Morgan fingerprint density at radius 3 is 2.59 bits per heavy atom. The van der Waals surface area contributed by atoms with E-state index in [2.05, 4.69) is 6.92 Å². The lowest BCUT2D eigenvalue weighted by atomic mass is 9.88. The number of nitrogens with two attached hydrogens (primary N) is 1. The van der Waals surface area contributed by atoms with Gasteiger partial charge in [-0.15, -0.1) is 0 Å². The van der Waals surface area contributed by atoms with Crippen molar-refractivity contribution in [2.75, 3.05) is 26.2 Å². The van der Waals surface area contributed by atoms with E-state index < -0.39 is 10.0 Å². The Morgan fingerprint density at radius 1 is 1.32 bits per heavy atom. The number of hydrogen-bond acceptors (Lipinski definition) is 4. The molecule has 0 spiro atoms. The zero-order valence-corrected chi connectivity index (χ0v) is 14.2. The first-order valence-corrected chi connectivity index (χ1v) is 9.36. The predicted octanol–water partition coefficient (Wildman–Crippen LogP) is 2.08. The maximum Gasteiger partial charge on any atom is 0.243 e. The molecule has 1 aliphatic rings. The second-order valence-corrected chi connectivity index (χ2v) is 7.88. The van der Waals surface area contributed by atoms with Crippen molar-refractivity contribution in [3.8, 4) is 5.75 Å². The molecule has 1 aromatic carbocycles. The lowest BCUT2D eigenvalue weighted by molar-refractivity contribution is 0.203. The van der Waals surface area contributed by atoms with Crippen molar-refractivity contribution in [2.24, 2.45) is 17.6 Å². The summed E-state index contributed by atoms with van der Waals surface area (Å²) in [6.07, 6.45) is 1.78. The topological polar surface area (TPSA) is 72.6 Å². The van der Waals surface area contributed by atoms with Crippen LogP contribution in [0, 0.1) is 11.8 Å². The molecule has 0 bridgehead atoms. The highest BCUT2D eigenvalue weighted by molar-refractivity contribution is 7.89. The van der Waals surface area contributed by atoms with Crippen LogP contribution in [0.25, 0.3) is 0 Å². The van der Waals surface area contributed by atoms with Crippen LogP contribution in [0.3, 0.4) is 0 Å². The number of benzene rings is 1. The summed E-state index contributed by atoms with van der Waals surface area (Å²) < 4.78 is 32.5. The van der Waals surface area contributed by atoms with Crippen LogP contribution in [0.2, 0.25) is 0 Å². The molecule has 1 heterocycles. The molecule has 2 unspecified atom stereocenters. The summed E-state index contributed by atoms with van der Waals surface area (Å²) in [4.78, 5) is 0.321. The van der Waals surface area contributed by atoms with Gasteiger partial charge < -0.3 is 10.5 Å². The van der Waals surface area contributed by atoms with Crippen molar-refractivity contribution in [2.45, 2.75) is 31.6 Å². The number of sulfonamides is 1. The highest BCUT2D eigenvalue weighted by atomic mass is 32.2. The summed E-state index contributed by atoms with van der Waals surface area (Å²) in [6.45, 7) is 6.40. The molecule has 6 heteroatoms. The smallest absolute Gasteiger partial charge is 0.243 e. The minimum Gasteiger partial charge on any atom is -0.494 e. The van der Waals surface area contributed by atoms with Gasteiger partial charge in [0, 0.05) is 13.1 Å². The van der Waals surface area contributed by atoms with Crippen molar-refractivity contribution < 1.29 is 13.2 Å². The highest BCUT2D eigenvalue weighted by Crippen LogP contribution is 2.27. The maximum atomic E-state index is 12.7. The van der Waals surface area contributed by atoms with Gasteiger partial charge in [-0.2, -0.15) is 4.31 Å². The van der Waals surface area contributed by atoms with Gasteiger partial charge in [0.05, 0.1) is 11.5 Å². The number of hydrogen-bond donors (Lipinski definition) is 1. The van der Waals surface area contributed by atoms with Crippen molar-refractivity contribution in [1.29, 1.82) is 0 Å². The quantitative estimate of drug-likeness (QED) is 0.869. The summed E-state index contributed by atoms with van der Waals surface area (Å²) in [5, 5.41) is 0. The van der Waals surface area contributed by atoms with E-state index in [0.717, 1.165) is 12.8 Å². The molecule has 0 radical (unpaired) electrons. The van der Waals surface area contributed by atoms with Gasteiger partial charge in [-0.25, -0.2) is 8.42 Å². The van der Waals surface area contributed by atoms with E-state index in [1.165, 1.54) is 0 Å². The fraction of sp³-hybridized carbons (Fsp3) is 0.625. The van der Waals surface area contributed by atoms with Gasteiger partial charge in [0.2, 0.25) is 10.0 Å². The first-order chi connectivity index (χ1) is 10.5. The molecule has 22 heavy (non-hydrogen) atoms. The van der Waals surface area contributed by atoms with E-state index in [9.17, 15) is 8.42 Å². The van der Waals surface area contributed by atoms with Gasteiger partial charge >= 0.3 is 0 Å². The zero-order valence-electron chi connectivity index (χ0n) is 13.4. The molecule has 2 rings (SSSR count). The Morgan fingerprint density at radius 2 is 2.00 bits per heavy atom. The van der Waals surface area contributed by atoms with E-state index in [-0.39, 0.29) is 5.92 Å². The van der Waals surface area contributed by atoms with Gasteiger partial charge in [-0.05, 0) is 55.5 Å². The van der Waals surface area contributed by atoms with Crippen LogP contribution >= 0.6 is 0 Å². The number of piperidine rings is 1. The maximum absolute atomic E-state index is 12.7. The molecule has 0 aromatic heterocycles. The minimum absolute atomic E-state index is 0.232. The lowest BCUT2D eigenvalue weighted by Crippen LogP contribution is -2.45. The Hall–Kier alpha value is -1.11. The standard InChI is InChI=1S/C16H26N2O3S/c1-3-10-21-15-4-6-16(7-5-15)22(19,20)18-9-8-13(2)14(11-17)12-18/h4-7,13-14H,3,8-12,17H2,1-2H3. The van der Waals surface area contributed by atoms with E-state index in [0.29, 0.717) is 42.8 Å². The van der Waals surface area contributed by atoms with Gasteiger partial charge in [0.15, 0.2) is 0 Å². The van der Waals surface area contributed by atoms with E-state index in [4.69, 9.17) is 10.5 Å². The second kappa shape index (κ2) is 7.44. The molecule has 2 N–H and O–H groups in total. The van der Waals surface area contributed by atoms with E-state index in [1.807, 2.05) is 6.92 Å². The SMILES string of the molecule is CCCOc1ccc(S(=O)(=O)N2CCC(C)C(CN)C2)cc1. The summed E-state index contributed by atoms with van der Waals surface area (Å²) >= 11 is 0. The second-order valence-electron chi connectivity index (χ2n) is 5.94. The minimum atomic E-state index is -3.44. The number of nitrogens with zero attached hydrogens (tertiary/aromatic N) is 1. The molecule has 2 atom stereocenters. The van der Waals surface area contributed by atoms with Crippen LogP contribution in [0.4, 0.5) is 0 Å². The molecule has 0 amide bonds. The fourth-order valence-electron chi connectivity index (χ4n) is 2.72. The zero-order chi connectivity index (χ0) is 16.2. The number of rotatable bonds is 6. The highest BCUT2D eigenvalue weighted by Gasteiger charge is 2.32. The van der Waals surface area contributed by atoms with Crippen LogP contribution in [0.5, 0.6) is 5.75 Å². The van der Waals surface area contributed by atoms with Crippen molar-refractivity contribution in [1.82, 2.24) is 4.31 Å². The van der Waals surface area contributed by atoms with Crippen LogP contribution in [0.15, 0.2) is 29.2 Å². The van der Waals surface area contributed by atoms with Crippen molar-refractivity contribution in [3.63, 3.8) is 0 Å². The molecule has 124 valence electrons. The summed E-state index contributed by atoms with van der Waals surface area (Å²) in [5.41, 5.74) is 5.77. The first kappa shape index (κ1) is 17.2. The molecule has 5 nitrogen and oxygen atoms in total. The van der Waals surface area contributed by atoms with E-state index >= 15 is 0 Å². The van der Waals surface area contributed by atoms with Crippen molar-refractivity contribution >= 4 is 10.0 Å².